The van der Waals surface area contributed by atoms with Crippen molar-refractivity contribution in [3.05, 3.63) is 28.8 Å². The molecular weight excluding hydrogens is 282 g/mol. The highest BCUT2D eigenvalue weighted by molar-refractivity contribution is 6.33. The van der Waals surface area contributed by atoms with Crippen LogP contribution in [0.3, 0.4) is 0 Å². The zero-order valence-corrected chi connectivity index (χ0v) is 12.1. The Labute approximate surface area is 123 Å². The minimum atomic E-state index is -0.625. The third kappa shape index (κ3) is 2.63. The lowest BCUT2D eigenvalue weighted by Crippen LogP contribution is -2.49. The molecule has 0 amide bonds. The van der Waals surface area contributed by atoms with Gasteiger partial charge < -0.3 is 10.2 Å². The van der Waals surface area contributed by atoms with Gasteiger partial charge in [-0.1, -0.05) is 24.4 Å². The number of hydrogen-bond donors (Lipinski definition) is 1. The van der Waals surface area contributed by atoms with Crippen molar-refractivity contribution in [3.8, 4) is 0 Å². The van der Waals surface area contributed by atoms with Gasteiger partial charge in [0.15, 0.2) is 5.82 Å². The highest BCUT2D eigenvalue weighted by atomic mass is 35.5. The number of halogens is 3. The van der Waals surface area contributed by atoms with Crippen LogP contribution in [0.25, 0.3) is 0 Å². The lowest BCUT2D eigenvalue weighted by molar-refractivity contribution is 0.354. The molecule has 0 atom stereocenters. The van der Waals surface area contributed by atoms with Gasteiger partial charge in [-0.3, -0.25) is 0 Å². The number of anilines is 1. The Balaban J connectivity index is 1.92. The molecule has 1 aromatic rings. The molecule has 110 valence electrons. The van der Waals surface area contributed by atoms with E-state index in [1.54, 1.807) is 0 Å². The van der Waals surface area contributed by atoms with E-state index in [-0.39, 0.29) is 10.6 Å². The number of hydrogen-bond acceptors (Lipinski definition) is 2. The molecule has 1 N–H and O–H groups in total. The lowest BCUT2D eigenvalue weighted by Gasteiger charge is -2.35. The number of nitrogens with one attached hydrogen (secondary N) is 1. The summed E-state index contributed by atoms with van der Waals surface area (Å²) in [7, 11) is 0. The van der Waals surface area contributed by atoms with Gasteiger partial charge >= 0.3 is 0 Å². The second kappa shape index (κ2) is 5.49. The molecule has 1 aliphatic heterocycles. The van der Waals surface area contributed by atoms with Crippen molar-refractivity contribution < 1.29 is 8.78 Å². The van der Waals surface area contributed by atoms with E-state index >= 15 is 0 Å². The average molecular weight is 301 g/mol. The van der Waals surface area contributed by atoms with Gasteiger partial charge in [0.05, 0.1) is 10.7 Å². The van der Waals surface area contributed by atoms with Crippen LogP contribution in [0.15, 0.2) is 12.1 Å². The van der Waals surface area contributed by atoms with E-state index in [9.17, 15) is 8.78 Å². The molecule has 1 saturated heterocycles. The van der Waals surface area contributed by atoms with Crippen LogP contribution in [0.2, 0.25) is 5.02 Å². The fourth-order valence-electron chi connectivity index (χ4n) is 3.54. The molecule has 0 radical (unpaired) electrons. The Morgan fingerprint density at radius 2 is 1.90 bits per heavy atom. The zero-order chi connectivity index (χ0) is 14.2. The fraction of sp³-hybridized carbons (Fsp3) is 0.600. The molecule has 1 aliphatic carbocycles. The van der Waals surface area contributed by atoms with Crippen molar-refractivity contribution in [1.82, 2.24) is 5.32 Å². The third-order valence-electron chi connectivity index (χ3n) is 4.46. The van der Waals surface area contributed by atoms with Gasteiger partial charge in [-0.2, -0.15) is 0 Å². The summed E-state index contributed by atoms with van der Waals surface area (Å²) in [5.41, 5.74) is 0.420. The standard InChI is InChI=1S/C15H19ClF2N2/c16-12-8-11(17)9-13(18)14(12)20-7-3-6-19-15(10-20)4-1-2-5-15/h8-9,19H,1-7,10H2. The lowest BCUT2D eigenvalue weighted by atomic mass is 9.97. The summed E-state index contributed by atoms with van der Waals surface area (Å²) in [6.07, 6.45) is 5.59. The molecule has 0 bridgehead atoms. The molecule has 2 nitrogen and oxygen atoms in total. The Bertz CT molecular complexity index is 478. The topological polar surface area (TPSA) is 15.3 Å². The molecule has 1 saturated carbocycles. The molecule has 1 aromatic carbocycles. The van der Waals surface area contributed by atoms with Gasteiger partial charge in [-0.15, -0.1) is 0 Å². The van der Waals surface area contributed by atoms with E-state index in [4.69, 9.17) is 11.6 Å². The van der Waals surface area contributed by atoms with E-state index in [0.29, 0.717) is 5.69 Å². The van der Waals surface area contributed by atoms with Gasteiger partial charge in [0.25, 0.3) is 0 Å². The van der Waals surface area contributed by atoms with Crippen molar-refractivity contribution in [2.24, 2.45) is 0 Å². The fourth-order valence-corrected chi connectivity index (χ4v) is 3.85. The van der Waals surface area contributed by atoms with Crippen LogP contribution in [-0.4, -0.2) is 25.2 Å². The molecule has 2 fully saturated rings. The van der Waals surface area contributed by atoms with E-state index < -0.39 is 11.6 Å². The average Bonchev–Trinajstić information content (AvgIpc) is 2.71. The van der Waals surface area contributed by atoms with Gasteiger partial charge in [-0.25, -0.2) is 8.78 Å². The summed E-state index contributed by atoms with van der Waals surface area (Å²) in [6, 6.07) is 2.11. The van der Waals surface area contributed by atoms with Crippen molar-refractivity contribution in [3.63, 3.8) is 0 Å². The molecule has 20 heavy (non-hydrogen) atoms. The first kappa shape index (κ1) is 14.1. The van der Waals surface area contributed by atoms with Crippen molar-refractivity contribution >= 4 is 17.3 Å². The van der Waals surface area contributed by atoms with Crippen LogP contribution in [0.1, 0.15) is 32.1 Å². The summed E-state index contributed by atoms with van der Waals surface area (Å²) in [5, 5.41) is 3.79. The quantitative estimate of drug-likeness (QED) is 0.850. The minimum Gasteiger partial charge on any atom is -0.366 e. The molecule has 1 heterocycles. The third-order valence-corrected chi connectivity index (χ3v) is 4.75. The summed E-state index contributed by atoms with van der Waals surface area (Å²) in [4.78, 5) is 1.99. The Hall–Kier alpha value is -0.870. The first-order chi connectivity index (χ1) is 9.60. The van der Waals surface area contributed by atoms with E-state index in [1.165, 1.54) is 18.9 Å². The van der Waals surface area contributed by atoms with E-state index in [1.807, 2.05) is 4.90 Å². The molecule has 0 unspecified atom stereocenters. The first-order valence-electron chi connectivity index (χ1n) is 7.24. The molecule has 5 heteroatoms. The summed E-state index contributed by atoms with van der Waals surface area (Å²) in [6.45, 7) is 2.43. The van der Waals surface area contributed by atoms with Crippen molar-refractivity contribution in [1.29, 1.82) is 0 Å². The van der Waals surface area contributed by atoms with Crippen molar-refractivity contribution in [2.45, 2.75) is 37.6 Å². The molecule has 3 rings (SSSR count). The van der Waals surface area contributed by atoms with Crippen LogP contribution in [0, 0.1) is 11.6 Å². The SMILES string of the molecule is Fc1cc(F)c(N2CCCNC3(CCCC3)C2)c(Cl)c1. The van der Waals surface area contributed by atoms with Gasteiger partial charge in [0, 0.05) is 24.7 Å². The molecular formula is C15H19ClF2N2. The monoisotopic (exact) mass is 300 g/mol. The predicted octanol–water partition coefficient (Wildman–Crippen LogP) is 3.73. The van der Waals surface area contributed by atoms with Gasteiger partial charge in [0.1, 0.15) is 5.82 Å². The Kier molecular flexibility index (Phi) is 3.87. The van der Waals surface area contributed by atoms with Crippen LogP contribution in [0.5, 0.6) is 0 Å². The van der Waals surface area contributed by atoms with E-state index in [0.717, 1.165) is 45.0 Å². The molecule has 1 spiro atoms. The smallest absolute Gasteiger partial charge is 0.150 e. The second-order valence-corrected chi connectivity index (χ2v) is 6.31. The second-order valence-electron chi connectivity index (χ2n) is 5.91. The number of nitrogens with zero attached hydrogens (tertiary/aromatic N) is 1. The predicted molar refractivity (Wildman–Crippen MR) is 77.4 cm³/mol. The first-order valence-corrected chi connectivity index (χ1v) is 7.62. The van der Waals surface area contributed by atoms with Gasteiger partial charge in [-0.05, 0) is 31.9 Å². The minimum absolute atomic E-state index is 0.0701. The normalized spacial score (nSPS) is 22.2. The Morgan fingerprint density at radius 1 is 1.15 bits per heavy atom. The largest absolute Gasteiger partial charge is 0.366 e. The maximum atomic E-state index is 14.1. The van der Waals surface area contributed by atoms with Crippen LogP contribution in [0.4, 0.5) is 14.5 Å². The number of rotatable bonds is 1. The Morgan fingerprint density at radius 3 is 2.60 bits per heavy atom. The maximum Gasteiger partial charge on any atom is 0.150 e. The summed E-state index contributed by atoms with van der Waals surface area (Å²) >= 11 is 6.07. The highest BCUT2D eigenvalue weighted by Gasteiger charge is 2.37. The highest BCUT2D eigenvalue weighted by Crippen LogP contribution is 2.36. The molecule has 0 aromatic heterocycles. The van der Waals surface area contributed by atoms with E-state index in [2.05, 4.69) is 5.32 Å². The van der Waals surface area contributed by atoms with Crippen molar-refractivity contribution in [2.75, 3.05) is 24.5 Å². The number of benzene rings is 1. The van der Waals surface area contributed by atoms with Crippen LogP contribution < -0.4 is 10.2 Å². The zero-order valence-electron chi connectivity index (χ0n) is 11.4. The maximum absolute atomic E-state index is 14.1. The molecule has 2 aliphatic rings. The van der Waals surface area contributed by atoms with Crippen LogP contribution >= 0.6 is 11.6 Å². The summed E-state index contributed by atoms with van der Waals surface area (Å²) < 4.78 is 27.3. The van der Waals surface area contributed by atoms with Crippen LogP contribution in [-0.2, 0) is 0 Å². The summed E-state index contributed by atoms with van der Waals surface area (Å²) in [5.74, 6) is -1.19. The van der Waals surface area contributed by atoms with Gasteiger partial charge in [0.2, 0.25) is 0 Å².